The van der Waals surface area contributed by atoms with Crippen LogP contribution in [0, 0.1) is 0 Å². The zero-order valence-electron chi connectivity index (χ0n) is 7.13. The normalized spacial score (nSPS) is 12.8. The van der Waals surface area contributed by atoms with E-state index < -0.39 is 0 Å². The van der Waals surface area contributed by atoms with Crippen molar-refractivity contribution < 1.29 is 0 Å². The standard InChI is InChI=1S/C9H13IN2/c1-8(10)12-7-4-9-2-5-11-6-3-9/h2-3,5-6,8,12H,4,7H2,1H3. The van der Waals surface area contributed by atoms with Crippen molar-refractivity contribution in [3.8, 4) is 0 Å². The summed E-state index contributed by atoms with van der Waals surface area (Å²) in [6, 6.07) is 4.11. The molecule has 0 amide bonds. The van der Waals surface area contributed by atoms with E-state index in [1.165, 1.54) is 5.56 Å². The number of halogens is 1. The highest BCUT2D eigenvalue weighted by Gasteiger charge is 1.94. The average molecular weight is 276 g/mol. The van der Waals surface area contributed by atoms with E-state index in [4.69, 9.17) is 0 Å². The molecule has 0 aromatic carbocycles. The van der Waals surface area contributed by atoms with Crippen LogP contribution >= 0.6 is 22.6 Å². The van der Waals surface area contributed by atoms with Gasteiger partial charge in [-0.1, -0.05) is 22.6 Å². The number of nitrogens with one attached hydrogen (secondary N) is 1. The molecule has 0 radical (unpaired) electrons. The molecule has 1 heterocycles. The molecule has 1 N–H and O–H groups in total. The van der Waals surface area contributed by atoms with Gasteiger partial charge in [0.15, 0.2) is 0 Å². The fraction of sp³-hybridized carbons (Fsp3) is 0.444. The molecule has 2 nitrogen and oxygen atoms in total. The van der Waals surface area contributed by atoms with Crippen LogP contribution in [0.3, 0.4) is 0 Å². The quantitative estimate of drug-likeness (QED) is 0.517. The summed E-state index contributed by atoms with van der Waals surface area (Å²) in [5.41, 5.74) is 1.34. The third kappa shape index (κ3) is 4.01. The molecule has 0 bridgehead atoms. The van der Waals surface area contributed by atoms with Crippen molar-refractivity contribution in [2.75, 3.05) is 6.54 Å². The van der Waals surface area contributed by atoms with E-state index in [2.05, 4.69) is 51.9 Å². The summed E-state index contributed by atoms with van der Waals surface area (Å²) < 4.78 is 0.546. The Morgan fingerprint density at radius 2 is 2.17 bits per heavy atom. The molecular weight excluding hydrogens is 263 g/mol. The van der Waals surface area contributed by atoms with Gasteiger partial charge in [0.2, 0.25) is 0 Å². The highest BCUT2D eigenvalue weighted by Crippen LogP contribution is 1.97. The minimum absolute atomic E-state index is 0.546. The van der Waals surface area contributed by atoms with E-state index in [0.717, 1.165) is 13.0 Å². The van der Waals surface area contributed by atoms with Crippen molar-refractivity contribution in [1.82, 2.24) is 10.3 Å². The molecule has 0 saturated carbocycles. The van der Waals surface area contributed by atoms with Gasteiger partial charge in [0, 0.05) is 18.9 Å². The zero-order valence-corrected chi connectivity index (χ0v) is 9.28. The summed E-state index contributed by atoms with van der Waals surface area (Å²) in [6.45, 7) is 3.18. The zero-order chi connectivity index (χ0) is 8.81. The van der Waals surface area contributed by atoms with Gasteiger partial charge in [-0.15, -0.1) is 0 Å². The van der Waals surface area contributed by atoms with Crippen molar-refractivity contribution >= 4 is 22.6 Å². The van der Waals surface area contributed by atoms with Crippen LogP contribution in [0.5, 0.6) is 0 Å². The van der Waals surface area contributed by atoms with Gasteiger partial charge in [-0.05, 0) is 31.0 Å². The maximum atomic E-state index is 3.97. The van der Waals surface area contributed by atoms with Gasteiger partial charge >= 0.3 is 0 Å². The lowest BCUT2D eigenvalue weighted by molar-refractivity contribution is 0.698. The second-order valence-electron chi connectivity index (χ2n) is 2.68. The lowest BCUT2D eigenvalue weighted by Gasteiger charge is -2.05. The molecule has 1 rings (SSSR count). The molecule has 0 aliphatic carbocycles. The summed E-state index contributed by atoms with van der Waals surface area (Å²) in [4.78, 5) is 3.97. The lowest BCUT2D eigenvalue weighted by Crippen LogP contribution is -2.22. The van der Waals surface area contributed by atoms with Crippen molar-refractivity contribution in [3.63, 3.8) is 0 Å². The van der Waals surface area contributed by atoms with Crippen LogP contribution in [0.25, 0.3) is 0 Å². The van der Waals surface area contributed by atoms with Crippen LogP contribution in [0.1, 0.15) is 12.5 Å². The largest absolute Gasteiger partial charge is 0.305 e. The highest BCUT2D eigenvalue weighted by molar-refractivity contribution is 14.1. The first kappa shape index (κ1) is 9.92. The number of rotatable bonds is 4. The molecule has 1 aromatic rings. The molecule has 3 heteroatoms. The Labute approximate surface area is 86.9 Å². The number of alkyl halides is 1. The molecule has 1 aromatic heterocycles. The summed E-state index contributed by atoms with van der Waals surface area (Å²) >= 11 is 2.36. The van der Waals surface area contributed by atoms with Crippen LogP contribution in [0.2, 0.25) is 0 Å². The fourth-order valence-electron chi connectivity index (χ4n) is 0.965. The Morgan fingerprint density at radius 1 is 1.50 bits per heavy atom. The SMILES string of the molecule is CC(I)NCCc1ccncc1. The number of pyridine rings is 1. The Hall–Kier alpha value is -0.160. The van der Waals surface area contributed by atoms with Gasteiger partial charge in [0.05, 0.1) is 4.05 Å². The summed E-state index contributed by atoms with van der Waals surface area (Å²) in [5, 5.41) is 3.36. The number of hydrogen-bond acceptors (Lipinski definition) is 2. The molecular formula is C9H13IN2. The van der Waals surface area contributed by atoms with Crippen molar-refractivity contribution in [2.24, 2.45) is 0 Å². The molecule has 0 spiro atoms. The lowest BCUT2D eigenvalue weighted by atomic mass is 10.2. The first-order valence-electron chi connectivity index (χ1n) is 4.05. The molecule has 66 valence electrons. The van der Waals surface area contributed by atoms with Crippen molar-refractivity contribution in [1.29, 1.82) is 0 Å². The monoisotopic (exact) mass is 276 g/mol. The van der Waals surface area contributed by atoms with E-state index >= 15 is 0 Å². The minimum Gasteiger partial charge on any atom is -0.305 e. The Bertz CT molecular complexity index is 211. The molecule has 0 fully saturated rings. The van der Waals surface area contributed by atoms with Gasteiger partial charge in [-0.25, -0.2) is 0 Å². The summed E-state index contributed by atoms with van der Waals surface area (Å²) in [6.07, 6.45) is 4.75. The highest BCUT2D eigenvalue weighted by atomic mass is 127. The molecule has 0 saturated heterocycles. The van der Waals surface area contributed by atoms with Crippen molar-refractivity contribution in [3.05, 3.63) is 30.1 Å². The number of nitrogens with zero attached hydrogens (tertiary/aromatic N) is 1. The molecule has 0 aliphatic rings. The van der Waals surface area contributed by atoms with Crippen LogP contribution in [0.15, 0.2) is 24.5 Å². The van der Waals surface area contributed by atoms with Crippen LogP contribution in [-0.4, -0.2) is 15.6 Å². The Morgan fingerprint density at radius 3 is 2.75 bits per heavy atom. The second-order valence-corrected chi connectivity index (χ2v) is 4.54. The molecule has 1 atom stereocenters. The topological polar surface area (TPSA) is 24.9 Å². The average Bonchev–Trinajstić information content (AvgIpc) is 2.05. The van der Waals surface area contributed by atoms with E-state index in [1.807, 2.05) is 12.4 Å². The van der Waals surface area contributed by atoms with Gasteiger partial charge in [0.1, 0.15) is 0 Å². The van der Waals surface area contributed by atoms with Crippen LogP contribution < -0.4 is 5.32 Å². The van der Waals surface area contributed by atoms with Crippen LogP contribution in [0.4, 0.5) is 0 Å². The maximum absolute atomic E-state index is 3.97. The van der Waals surface area contributed by atoms with Gasteiger partial charge in [0.25, 0.3) is 0 Å². The fourth-order valence-corrected chi connectivity index (χ4v) is 1.28. The van der Waals surface area contributed by atoms with Gasteiger partial charge in [-0.2, -0.15) is 0 Å². The first-order valence-corrected chi connectivity index (χ1v) is 5.30. The summed E-state index contributed by atoms with van der Waals surface area (Å²) in [5.74, 6) is 0. The van der Waals surface area contributed by atoms with Gasteiger partial charge < -0.3 is 5.32 Å². The molecule has 1 unspecified atom stereocenters. The van der Waals surface area contributed by atoms with E-state index in [0.29, 0.717) is 4.05 Å². The van der Waals surface area contributed by atoms with E-state index in [1.54, 1.807) is 0 Å². The predicted molar refractivity (Wildman–Crippen MR) is 59.4 cm³/mol. The van der Waals surface area contributed by atoms with Gasteiger partial charge in [-0.3, -0.25) is 4.98 Å². The second kappa shape index (κ2) is 5.48. The van der Waals surface area contributed by atoms with Crippen LogP contribution in [-0.2, 0) is 6.42 Å². The smallest absolute Gasteiger partial charge is 0.0565 e. The Balaban J connectivity index is 2.25. The van der Waals surface area contributed by atoms with Crippen molar-refractivity contribution in [2.45, 2.75) is 17.4 Å². The summed E-state index contributed by atoms with van der Waals surface area (Å²) in [7, 11) is 0. The minimum atomic E-state index is 0.546. The predicted octanol–water partition coefficient (Wildman–Crippen LogP) is 1.99. The third-order valence-corrected chi connectivity index (χ3v) is 2.03. The number of hydrogen-bond donors (Lipinski definition) is 1. The van der Waals surface area contributed by atoms with E-state index in [9.17, 15) is 0 Å². The number of aromatic nitrogens is 1. The molecule has 12 heavy (non-hydrogen) atoms. The third-order valence-electron chi connectivity index (χ3n) is 1.59. The first-order chi connectivity index (χ1) is 5.79. The van der Waals surface area contributed by atoms with E-state index in [-0.39, 0.29) is 0 Å². The Kier molecular flexibility index (Phi) is 4.53. The molecule has 0 aliphatic heterocycles. The maximum Gasteiger partial charge on any atom is 0.0565 e.